The summed E-state index contributed by atoms with van der Waals surface area (Å²) in [5, 5.41) is 6.79. The fourth-order valence-electron chi connectivity index (χ4n) is 7.54. The molecule has 10 rings (SSSR count). The zero-order chi connectivity index (χ0) is 33.7. The summed E-state index contributed by atoms with van der Waals surface area (Å²) in [5.41, 5.74) is 11.2. The van der Waals surface area contributed by atoms with Crippen molar-refractivity contribution in [1.82, 2.24) is 9.97 Å². The number of hydrogen-bond acceptors (Lipinski definition) is 3. The van der Waals surface area contributed by atoms with Gasteiger partial charge >= 0.3 is 0 Å². The van der Waals surface area contributed by atoms with Crippen LogP contribution in [0.15, 0.2) is 186 Å². The van der Waals surface area contributed by atoms with Crippen molar-refractivity contribution in [2.45, 2.75) is 0 Å². The third-order valence-electron chi connectivity index (χ3n) is 9.94. The Kier molecular flexibility index (Phi) is 6.81. The zero-order valence-corrected chi connectivity index (χ0v) is 27.6. The van der Waals surface area contributed by atoms with Crippen molar-refractivity contribution in [2.75, 3.05) is 0 Å². The highest BCUT2D eigenvalue weighted by Crippen LogP contribution is 2.42. The Hall–Kier alpha value is -6.84. The number of rotatable bonds is 5. The molecule has 2 heterocycles. The summed E-state index contributed by atoms with van der Waals surface area (Å²) >= 11 is 0. The van der Waals surface area contributed by atoms with Gasteiger partial charge in [-0.15, -0.1) is 0 Å². The Labute approximate surface area is 295 Å². The number of para-hydroxylation sites is 2. The third kappa shape index (κ3) is 4.90. The molecule has 0 N–H and O–H groups in total. The number of nitrogens with zero attached hydrogens (tertiary/aromatic N) is 2. The van der Waals surface area contributed by atoms with E-state index < -0.39 is 0 Å². The van der Waals surface area contributed by atoms with Crippen molar-refractivity contribution < 1.29 is 4.42 Å². The molecule has 51 heavy (non-hydrogen) atoms. The van der Waals surface area contributed by atoms with Crippen molar-refractivity contribution in [3.05, 3.63) is 182 Å². The lowest BCUT2D eigenvalue weighted by Crippen LogP contribution is -1.98. The lowest BCUT2D eigenvalue weighted by Gasteiger charge is -2.15. The van der Waals surface area contributed by atoms with Gasteiger partial charge in [-0.1, -0.05) is 164 Å². The van der Waals surface area contributed by atoms with Gasteiger partial charge in [0.25, 0.3) is 0 Å². The number of aromatic nitrogens is 2. The molecule has 0 saturated carbocycles. The van der Waals surface area contributed by atoms with E-state index in [-0.39, 0.29) is 0 Å². The number of hydrogen-bond donors (Lipinski definition) is 0. The Bertz CT molecular complexity index is 2910. The molecule has 8 aromatic carbocycles. The van der Waals surface area contributed by atoms with E-state index >= 15 is 0 Å². The summed E-state index contributed by atoms with van der Waals surface area (Å²) in [4.78, 5) is 10.6. The molecular weight excluding hydrogens is 621 g/mol. The van der Waals surface area contributed by atoms with Crippen LogP contribution in [0.2, 0.25) is 0 Å². The molecule has 0 radical (unpaired) electrons. The number of fused-ring (bicyclic) bond motifs is 5. The van der Waals surface area contributed by atoms with Gasteiger partial charge in [0.1, 0.15) is 11.2 Å². The molecule has 0 amide bonds. The standard InChI is InChI=1S/C48H30N2O/c1-3-14-31(15-4-1)33-26-28-39(36-20-9-7-18-34(33)36)45-30-44(32-16-5-2-6-17-32)49-48(50-45)43-29-27-38(35-19-8-10-21-37(35)43)41-23-13-24-42-40-22-11-12-25-46(40)51-47(41)42/h1-30H. The highest BCUT2D eigenvalue weighted by atomic mass is 16.3. The molecule has 10 aromatic rings. The summed E-state index contributed by atoms with van der Waals surface area (Å²) in [7, 11) is 0. The van der Waals surface area contributed by atoms with Gasteiger partial charge in [-0.3, -0.25) is 0 Å². The van der Waals surface area contributed by atoms with Gasteiger partial charge in [0.05, 0.1) is 11.4 Å². The predicted molar refractivity (Wildman–Crippen MR) is 212 cm³/mol. The smallest absolute Gasteiger partial charge is 0.161 e. The number of benzene rings is 8. The number of furan rings is 1. The SMILES string of the molecule is c1ccc(-c2cc(-c3ccc(-c4ccccc4)c4ccccc34)nc(-c3ccc(-c4cccc5c4oc4ccccc45)c4ccccc34)n2)cc1. The maximum absolute atomic E-state index is 6.48. The van der Waals surface area contributed by atoms with Gasteiger partial charge in [0, 0.05) is 33.0 Å². The van der Waals surface area contributed by atoms with Crippen LogP contribution in [-0.2, 0) is 0 Å². The Morgan fingerprint density at radius 3 is 1.57 bits per heavy atom. The summed E-state index contributed by atoms with van der Waals surface area (Å²) in [6.07, 6.45) is 0. The second kappa shape index (κ2) is 11.9. The van der Waals surface area contributed by atoms with E-state index in [2.05, 4.69) is 164 Å². The first-order valence-corrected chi connectivity index (χ1v) is 17.2. The monoisotopic (exact) mass is 650 g/mol. The largest absolute Gasteiger partial charge is 0.455 e. The Balaban J connectivity index is 1.19. The van der Waals surface area contributed by atoms with Gasteiger partial charge < -0.3 is 4.42 Å². The zero-order valence-electron chi connectivity index (χ0n) is 27.6. The Morgan fingerprint density at radius 1 is 0.314 bits per heavy atom. The second-order valence-corrected chi connectivity index (χ2v) is 12.9. The summed E-state index contributed by atoms with van der Waals surface area (Å²) in [6.45, 7) is 0. The molecule has 0 fully saturated rings. The molecule has 3 heteroatoms. The Morgan fingerprint density at radius 2 is 0.824 bits per heavy atom. The van der Waals surface area contributed by atoms with Gasteiger partial charge in [0.15, 0.2) is 5.82 Å². The normalized spacial score (nSPS) is 11.5. The molecule has 0 aliphatic carbocycles. The minimum atomic E-state index is 0.687. The molecule has 2 aromatic heterocycles. The van der Waals surface area contributed by atoms with E-state index in [9.17, 15) is 0 Å². The minimum Gasteiger partial charge on any atom is -0.455 e. The van der Waals surface area contributed by atoms with Crippen LogP contribution in [0.25, 0.3) is 99.6 Å². The quantitative estimate of drug-likeness (QED) is 0.186. The molecular formula is C48H30N2O. The molecule has 0 spiro atoms. The first-order valence-electron chi connectivity index (χ1n) is 17.2. The molecule has 0 aliphatic rings. The molecule has 3 nitrogen and oxygen atoms in total. The van der Waals surface area contributed by atoms with Gasteiger partial charge in [-0.05, 0) is 56.4 Å². The fraction of sp³-hybridized carbons (Fsp3) is 0. The van der Waals surface area contributed by atoms with Crippen LogP contribution < -0.4 is 0 Å². The highest BCUT2D eigenvalue weighted by molar-refractivity contribution is 6.13. The van der Waals surface area contributed by atoms with Crippen LogP contribution in [0.4, 0.5) is 0 Å². The van der Waals surface area contributed by atoms with E-state index in [1.54, 1.807) is 0 Å². The van der Waals surface area contributed by atoms with Gasteiger partial charge in [-0.2, -0.15) is 0 Å². The van der Waals surface area contributed by atoms with Crippen molar-refractivity contribution in [2.24, 2.45) is 0 Å². The highest BCUT2D eigenvalue weighted by Gasteiger charge is 2.19. The summed E-state index contributed by atoms with van der Waals surface area (Å²) < 4.78 is 6.48. The second-order valence-electron chi connectivity index (χ2n) is 12.9. The van der Waals surface area contributed by atoms with Crippen molar-refractivity contribution >= 4 is 43.5 Å². The maximum Gasteiger partial charge on any atom is 0.161 e. The average molecular weight is 651 g/mol. The summed E-state index contributed by atoms with van der Waals surface area (Å²) in [6, 6.07) is 63.7. The lowest BCUT2D eigenvalue weighted by atomic mass is 9.92. The molecule has 0 atom stereocenters. The minimum absolute atomic E-state index is 0.687. The van der Waals surface area contributed by atoms with E-state index in [1.165, 1.54) is 16.5 Å². The third-order valence-corrected chi connectivity index (χ3v) is 9.94. The van der Waals surface area contributed by atoms with Crippen LogP contribution in [0.1, 0.15) is 0 Å². The molecule has 0 unspecified atom stereocenters. The van der Waals surface area contributed by atoms with Crippen LogP contribution in [-0.4, -0.2) is 9.97 Å². The van der Waals surface area contributed by atoms with E-state index in [4.69, 9.17) is 14.4 Å². The van der Waals surface area contributed by atoms with Crippen LogP contribution >= 0.6 is 0 Å². The fourth-order valence-corrected chi connectivity index (χ4v) is 7.54. The van der Waals surface area contributed by atoms with E-state index in [0.717, 1.165) is 77.3 Å². The van der Waals surface area contributed by atoms with Crippen molar-refractivity contribution in [3.8, 4) is 56.2 Å². The lowest BCUT2D eigenvalue weighted by molar-refractivity contribution is 0.670. The van der Waals surface area contributed by atoms with Crippen LogP contribution in [0, 0.1) is 0 Å². The van der Waals surface area contributed by atoms with Gasteiger partial charge in [-0.25, -0.2) is 9.97 Å². The topological polar surface area (TPSA) is 38.9 Å². The van der Waals surface area contributed by atoms with E-state index in [0.29, 0.717) is 5.82 Å². The van der Waals surface area contributed by atoms with E-state index in [1.807, 2.05) is 18.2 Å². The van der Waals surface area contributed by atoms with Crippen LogP contribution in [0.3, 0.4) is 0 Å². The first kappa shape index (κ1) is 29.1. The molecule has 0 bridgehead atoms. The average Bonchev–Trinajstić information content (AvgIpc) is 3.60. The van der Waals surface area contributed by atoms with Crippen molar-refractivity contribution in [3.63, 3.8) is 0 Å². The summed E-state index contributed by atoms with van der Waals surface area (Å²) in [5.74, 6) is 0.687. The maximum atomic E-state index is 6.48. The molecule has 0 aliphatic heterocycles. The first-order chi connectivity index (χ1) is 25.3. The van der Waals surface area contributed by atoms with Gasteiger partial charge in [0.2, 0.25) is 0 Å². The predicted octanol–water partition coefficient (Wildman–Crippen LogP) is 13.0. The molecule has 0 saturated heterocycles. The van der Waals surface area contributed by atoms with Crippen LogP contribution in [0.5, 0.6) is 0 Å². The van der Waals surface area contributed by atoms with Crippen molar-refractivity contribution in [1.29, 1.82) is 0 Å². The molecule has 238 valence electrons.